The third kappa shape index (κ3) is 3.48. The normalized spacial score (nSPS) is 15.5. The highest BCUT2D eigenvalue weighted by molar-refractivity contribution is 6.34. The maximum atomic E-state index is 13.0. The first-order valence-electron chi connectivity index (χ1n) is 10.5. The Hall–Kier alpha value is -3.45. The highest BCUT2D eigenvalue weighted by Crippen LogP contribution is 2.32. The molecule has 1 amide bonds. The number of rotatable bonds is 4. The van der Waals surface area contributed by atoms with E-state index in [1.165, 1.54) is 0 Å². The van der Waals surface area contributed by atoms with Gasteiger partial charge in [-0.3, -0.25) is 14.2 Å². The highest BCUT2D eigenvalue weighted by Gasteiger charge is 2.28. The molecule has 3 heterocycles. The zero-order chi connectivity index (χ0) is 22.4. The van der Waals surface area contributed by atoms with Crippen molar-refractivity contribution in [3.05, 3.63) is 76.5 Å². The second-order valence-electron chi connectivity index (χ2n) is 8.25. The van der Waals surface area contributed by atoms with Gasteiger partial charge in [-0.05, 0) is 57.0 Å². The lowest BCUT2D eigenvalue weighted by Crippen LogP contribution is -2.41. The summed E-state index contributed by atoms with van der Waals surface area (Å²) in [6, 6.07) is 11.4. The Morgan fingerprint density at radius 3 is 2.62 bits per heavy atom. The molecule has 1 atom stereocenters. The van der Waals surface area contributed by atoms with Gasteiger partial charge in [-0.2, -0.15) is 0 Å². The van der Waals surface area contributed by atoms with Crippen LogP contribution in [0.4, 0.5) is 0 Å². The van der Waals surface area contributed by atoms with Crippen LogP contribution in [0.15, 0.2) is 49.1 Å². The predicted octanol–water partition coefficient (Wildman–Crippen LogP) is 4.13. The molecule has 1 aliphatic heterocycles. The second-order valence-corrected chi connectivity index (χ2v) is 8.66. The van der Waals surface area contributed by atoms with Gasteiger partial charge in [-0.15, -0.1) is 10.2 Å². The van der Waals surface area contributed by atoms with Gasteiger partial charge in [0.2, 0.25) is 0 Å². The first-order chi connectivity index (χ1) is 15.4. The minimum absolute atomic E-state index is 0.0553. The molecule has 0 spiro atoms. The van der Waals surface area contributed by atoms with Gasteiger partial charge in [-0.25, -0.2) is 0 Å². The summed E-state index contributed by atoms with van der Waals surface area (Å²) in [5.74, 6) is -0.130. The lowest BCUT2D eigenvalue weighted by atomic mass is 9.99. The molecule has 7 nitrogen and oxygen atoms in total. The number of fused-ring (bicyclic) bond motifs is 3. The molecule has 162 valence electrons. The topological polar surface area (TPSA) is 81.8 Å². The summed E-state index contributed by atoms with van der Waals surface area (Å²) in [6.07, 6.45) is 4.64. The van der Waals surface area contributed by atoms with Gasteiger partial charge in [0.05, 0.1) is 10.6 Å². The van der Waals surface area contributed by atoms with Gasteiger partial charge in [0.25, 0.3) is 5.91 Å². The number of nitrogens with one attached hydrogen (secondary N) is 1. The Labute approximate surface area is 190 Å². The molecular weight excluding hydrogens is 426 g/mol. The number of hydrogen-bond donors (Lipinski definition) is 1. The molecule has 1 aliphatic rings. The van der Waals surface area contributed by atoms with E-state index in [0.717, 1.165) is 46.3 Å². The van der Waals surface area contributed by atoms with E-state index in [4.69, 9.17) is 11.6 Å². The summed E-state index contributed by atoms with van der Waals surface area (Å²) in [5.41, 5.74) is 5.22. The fourth-order valence-corrected chi connectivity index (χ4v) is 4.83. The molecule has 0 aliphatic carbocycles. The van der Waals surface area contributed by atoms with Crippen molar-refractivity contribution in [1.29, 1.82) is 0 Å². The molecule has 2 aromatic carbocycles. The van der Waals surface area contributed by atoms with Crippen LogP contribution in [0.3, 0.4) is 0 Å². The number of aryl methyl sites for hydroxylation is 1. The molecule has 0 unspecified atom stereocenters. The number of Topliss-reactive ketones (excluding diaryl/α,β-unsaturated/α-hetero) is 1. The summed E-state index contributed by atoms with van der Waals surface area (Å²) in [4.78, 5) is 25.4. The van der Waals surface area contributed by atoms with Crippen LogP contribution in [-0.4, -0.2) is 37.1 Å². The maximum Gasteiger partial charge on any atom is 0.253 e. The third-order valence-corrected chi connectivity index (χ3v) is 6.37. The molecule has 0 saturated carbocycles. The van der Waals surface area contributed by atoms with Crippen LogP contribution in [0.1, 0.15) is 45.3 Å². The number of halogens is 1. The van der Waals surface area contributed by atoms with Crippen LogP contribution in [0.25, 0.3) is 16.6 Å². The van der Waals surface area contributed by atoms with E-state index in [2.05, 4.69) is 38.3 Å². The standard InChI is InChI=1S/C24H22ClN5O2/c1-14-3-7-21-19(9-14)23(15(2)31)22-8-4-16(11-30(21)22)28-24(32)18-6-5-17(10-20(18)25)29-12-26-27-13-29/h3,5-7,9-10,12-13,16H,4,8,11H2,1-2H3,(H,28,32)/t16-/m1/s1. The summed E-state index contributed by atoms with van der Waals surface area (Å²) >= 11 is 6.41. The summed E-state index contributed by atoms with van der Waals surface area (Å²) in [5, 5.41) is 12.1. The van der Waals surface area contributed by atoms with Gasteiger partial charge in [0.15, 0.2) is 5.78 Å². The van der Waals surface area contributed by atoms with Crippen molar-refractivity contribution < 1.29 is 9.59 Å². The van der Waals surface area contributed by atoms with E-state index in [1.54, 1.807) is 36.3 Å². The Balaban J connectivity index is 1.40. The minimum Gasteiger partial charge on any atom is -0.347 e. The van der Waals surface area contributed by atoms with E-state index >= 15 is 0 Å². The van der Waals surface area contributed by atoms with Crippen LogP contribution in [0.5, 0.6) is 0 Å². The molecule has 8 heteroatoms. The largest absolute Gasteiger partial charge is 0.347 e. The second kappa shape index (κ2) is 7.91. The number of aromatic nitrogens is 4. The number of carbonyl (C=O) groups excluding carboxylic acids is 2. The van der Waals surface area contributed by atoms with Gasteiger partial charge in [-0.1, -0.05) is 23.2 Å². The van der Waals surface area contributed by atoms with Crippen LogP contribution >= 0.6 is 11.6 Å². The van der Waals surface area contributed by atoms with Crippen molar-refractivity contribution in [3.8, 4) is 5.69 Å². The maximum absolute atomic E-state index is 13.0. The highest BCUT2D eigenvalue weighted by atomic mass is 35.5. The van der Waals surface area contributed by atoms with Crippen LogP contribution in [0, 0.1) is 6.92 Å². The lowest BCUT2D eigenvalue weighted by Gasteiger charge is -2.27. The number of ketones is 1. The molecule has 0 radical (unpaired) electrons. The van der Waals surface area contributed by atoms with Crippen molar-refractivity contribution in [2.24, 2.45) is 0 Å². The molecule has 0 fully saturated rings. The molecule has 5 rings (SSSR count). The molecule has 0 bridgehead atoms. The average molecular weight is 448 g/mol. The minimum atomic E-state index is -0.210. The fraction of sp³-hybridized carbons (Fsp3) is 0.250. The molecule has 1 N–H and O–H groups in total. The molecule has 0 saturated heterocycles. The first kappa shape index (κ1) is 20.5. The smallest absolute Gasteiger partial charge is 0.253 e. The average Bonchev–Trinajstić information content (AvgIpc) is 3.39. The summed E-state index contributed by atoms with van der Waals surface area (Å²) in [6.45, 7) is 4.27. The Morgan fingerprint density at radius 2 is 1.91 bits per heavy atom. The fourth-order valence-electron chi connectivity index (χ4n) is 4.57. The van der Waals surface area contributed by atoms with Crippen molar-refractivity contribution in [1.82, 2.24) is 24.6 Å². The van der Waals surface area contributed by atoms with Gasteiger partial charge in [0, 0.05) is 40.4 Å². The van der Waals surface area contributed by atoms with E-state index in [0.29, 0.717) is 17.1 Å². The van der Waals surface area contributed by atoms with Crippen molar-refractivity contribution in [2.75, 3.05) is 0 Å². The summed E-state index contributed by atoms with van der Waals surface area (Å²) in [7, 11) is 0. The molecule has 4 aromatic rings. The number of hydrogen-bond acceptors (Lipinski definition) is 4. The van der Waals surface area contributed by atoms with E-state index < -0.39 is 0 Å². The Morgan fingerprint density at radius 1 is 1.12 bits per heavy atom. The lowest BCUT2D eigenvalue weighted by molar-refractivity contribution is 0.0926. The molecule has 32 heavy (non-hydrogen) atoms. The predicted molar refractivity (Wildman–Crippen MR) is 123 cm³/mol. The SMILES string of the molecule is CC(=O)c1c2n(c3ccc(C)cc13)C[C@H](NC(=O)c1ccc(-n3cnnc3)cc1Cl)CC2. The first-order valence-corrected chi connectivity index (χ1v) is 10.9. The number of benzene rings is 2. The van der Waals surface area contributed by atoms with E-state index in [9.17, 15) is 9.59 Å². The monoisotopic (exact) mass is 447 g/mol. The third-order valence-electron chi connectivity index (χ3n) is 6.06. The Bertz CT molecular complexity index is 1360. The van der Waals surface area contributed by atoms with Gasteiger partial charge in [0.1, 0.15) is 12.7 Å². The van der Waals surface area contributed by atoms with Crippen LogP contribution in [0.2, 0.25) is 5.02 Å². The van der Waals surface area contributed by atoms with Crippen LogP contribution < -0.4 is 5.32 Å². The number of carbonyl (C=O) groups is 2. The van der Waals surface area contributed by atoms with Gasteiger partial charge >= 0.3 is 0 Å². The zero-order valence-electron chi connectivity index (χ0n) is 17.8. The molecular formula is C24H22ClN5O2. The quantitative estimate of drug-likeness (QED) is 0.477. The summed E-state index contributed by atoms with van der Waals surface area (Å²) < 4.78 is 3.90. The molecule has 2 aromatic heterocycles. The van der Waals surface area contributed by atoms with Gasteiger partial charge < -0.3 is 9.88 Å². The van der Waals surface area contributed by atoms with E-state index in [-0.39, 0.29) is 17.7 Å². The van der Waals surface area contributed by atoms with Crippen molar-refractivity contribution >= 4 is 34.2 Å². The van der Waals surface area contributed by atoms with Crippen molar-refractivity contribution in [3.63, 3.8) is 0 Å². The zero-order valence-corrected chi connectivity index (χ0v) is 18.6. The number of nitrogens with zero attached hydrogens (tertiary/aromatic N) is 4. The van der Waals surface area contributed by atoms with Crippen LogP contribution in [-0.2, 0) is 13.0 Å². The number of amides is 1. The Kier molecular flexibility index (Phi) is 5.06. The van der Waals surface area contributed by atoms with E-state index in [1.807, 2.05) is 13.0 Å². The van der Waals surface area contributed by atoms with Crippen molar-refractivity contribution in [2.45, 2.75) is 39.3 Å².